The fourth-order valence-corrected chi connectivity index (χ4v) is 1.45. The molecular weight excluding hydrogens is 216 g/mol. The minimum Gasteiger partial charge on any atom is -0.382 e. The Bertz CT molecular complexity index is 267. The van der Waals surface area contributed by atoms with E-state index in [2.05, 4.69) is 16.4 Å². The molecule has 0 bridgehead atoms. The van der Waals surface area contributed by atoms with Crippen LogP contribution in [0, 0.1) is 0 Å². The smallest absolute Gasteiger partial charge is 0.0700 e. The standard InChI is InChI=1S/C13H22N2O2/c1-16-10-11-17-9-3-7-14-8-5-13-4-2-6-15-12-13/h2,4,6,12,14H,3,5,7-11H2,1H3. The van der Waals surface area contributed by atoms with E-state index in [0.29, 0.717) is 13.2 Å². The molecule has 1 rings (SSSR count). The molecular formula is C13H22N2O2. The van der Waals surface area contributed by atoms with Crippen molar-refractivity contribution < 1.29 is 9.47 Å². The first-order chi connectivity index (χ1) is 8.43. The Hall–Kier alpha value is -0.970. The molecule has 0 aliphatic rings. The van der Waals surface area contributed by atoms with Crippen LogP contribution in [0.3, 0.4) is 0 Å². The van der Waals surface area contributed by atoms with Crippen LogP contribution in [-0.4, -0.2) is 45.0 Å². The summed E-state index contributed by atoms with van der Waals surface area (Å²) in [6, 6.07) is 4.07. The van der Waals surface area contributed by atoms with Gasteiger partial charge in [-0.05, 0) is 37.6 Å². The molecule has 17 heavy (non-hydrogen) atoms. The van der Waals surface area contributed by atoms with E-state index in [1.165, 1.54) is 5.56 Å². The average Bonchev–Trinajstić information content (AvgIpc) is 2.38. The van der Waals surface area contributed by atoms with Crippen LogP contribution in [0.1, 0.15) is 12.0 Å². The summed E-state index contributed by atoms with van der Waals surface area (Å²) in [5.41, 5.74) is 1.27. The molecule has 0 fully saturated rings. The Morgan fingerprint density at radius 3 is 2.94 bits per heavy atom. The fourth-order valence-electron chi connectivity index (χ4n) is 1.45. The second kappa shape index (κ2) is 10.2. The van der Waals surface area contributed by atoms with Crippen LogP contribution in [0.15, 0.2) is 24.5 Å². The summed E-state index contributed by atoms with van der Waals surface area (Å²) in [6.45, 7) is 4.14. The maximum Gasteiger partial charge on any atom is 0.0700 e. The Morgan fingerprint density at radius 2 is 2.18 bits per heavy atom. The number of hydrogen-bond donors (Lipinski definition) is 1. The minimum absolute atomic E-state index is 0.675. The van der Waals surface area contributed by atoms with Gasteiger partial charge in [0.25, 0.3) is 0 Å². The van der Waals surface area contributed by atoms with Crippen molar-refractivity contribution in [2.45, 2.75) is 12.8 Å². The van der Waals surface area contributed by atoms with Crippen molar-refractivity contribution >= 4 is 0 Å². The fraction of sp³-hybridized carbons (Fsp3) is 0.615. The van der Waals surface area contributed by atoms with Gasteiger partial charge < -0.3 is 14.8 Å². The molecule has 0 radical (unpaired) electrons. The van der Waals surface area contributed by atoms with E-state index in [-0.39, 0.29) is 0 Å². The lowest BCUT2D eigenvalue weighted by Crippen LogP contribution is -2.20. The first-order valence-electron chi connectivity index (χ1n) is 6.10. The van der Waals surface area contributed by atoms with Crippen molar-refractivity contribution in [3.63, 3.8) is 0 Å². The number of methoxy groups -OCH3 is 1. The predicted molar refractivity (Wildman–Crippen MR) is 68.1 cm³/mol. The van der Waals surface area contributed by atoms with Gasteiger partial charge in [0.2, 0.25) is 0 Å². The van der Waals surface area contributed by atoms with E-state index in [0.717, 1.165) is 32.5 Å². The van der Waals surface area contributed by atoms with Gasteiger partial charge in [0.15, 0.2) is 0 Å². The summed E-state index contributed by atoms with van der Waals surface area (Å²) in [5, 5.41) is 3.39. The van der Waals surface area contributed by atoms with Gasteiger partial charge in [0.05, 0.1) is 13.2 Å². The van der Waals surface area contributed by atoms with Crippen molar-refractivity contribution in [2.75, 3.05) is 40.0 Å². The van der Waals surface area contributed by atoms with Gasteiger partial charge in [-0.1, -0.05) is 6.07 Å². The monoisotopic (exact) mass is 238 g/mol. The zero-order valence-electron chi connectivity index (χ0n) is 10.5. The lowest BCUT2D eigenvalue weighted by molar-refractivity contribution is 0.0695. The van der Waals surface area contributed by atoms with Crippen LogP contribution in [0.2, 0.25) is 0 Å². The second-order valence-corrected chi connectivity index (χ2v) is 3.82. The van der Waals surface area contributed by atoms with Crippen LogP contribution in [-0.2, 0) is 15.9 Å². The molecule has 1 heterocycles. The van der Waals surface area contributed by atoms with Gasteiger partial charge in [0.1, 0.15) is 0 Å². The molecule has 0 aromatic carbocycles. The lowest BCUT2D eigenvalue weighted by atomic mass is 10.2. The van der Waals surface area contributed by atoms with E-state index in [4.69, 9.17) is 9.47 Å². The molecule has 4 heteroatoms. The molecule has 4 nitrogen and oxygen atoms in total. The molecule has 0 unspecified atom stereocenters. The van der Waals surface area contributed by atoms with Crippen LogP contribution in [0.25, 0.3) is 0 Å². The summed E-state index contributed by atoms with van der Waals surface area (Å²) in [5.74, 6) is 0. The molecule has 0 saturated heterocycles. The molecule has 0 amide bonds. The van der Waals surface area contributed by atoms with Gasteiger partial charge in [-0.2, -0.15) is 0 Å². The van der Waals surface area contributed by atoms with Crippen molar-refractivity contribution in [3.05, 3.63) is 30.1 Å². The van der Waals surface area contributed by atoms with Crippen molar-refractivity contribution in [1.82, 2.24) is 10.3 Å². The first kappa shape index (κ1) is 14.1. The summed E-state index contributed by atoms with van der Waals surface area (Å²) in [6.07, 6.45) is 5.78. The van der Waals surface area contributed by atoms with Crippen LogP contribution in [0.4, 0.5) is 0 Å². The Morgan fingerprint density at radius 1 is 1.24 bits per heavy atom. The normalized spacial score (nSPS) is 10.6. The maximum absolute atomic E-state index is 5.36. The summed E-state index contributed by atoms with van der Waals surface area (Å²) in [7, 11) is 1.68. The maximum atomic E-state index is 5.36. The van der Waals surface area contributed by atoms with Gasteiger partial charge >= 0.3 is 0 Å². The zero-order chi connectivity index (χ0) is 12.2. The van der Waals surface area contributed by atoms with E-state index in [1.54, 1.807) is 13.3 Å². The molecule has 1 N–H and O–H groups in total. The minimum atomic E-state index is 0.675. The third-order valence-corrected chi connectivity index (χ3v) is 2.39. The first-order valence-corrected chi connectivity index (χ1v) is 6.10. The van der Waals surface area contributed by atoms with Crippen molar-refractivity contribution in [3.8, 4) is 0 Å². The highest BCUT2D eigenvalue weighted by Crippen LogP contribution is 1.95. The molecule has 0 atom stereocenters. The zero-order valence-corrected chi connectivity index (χ0v) is 10.5. The molecule has 0 aliphatic carbocycles. The molecule has 96 valence electrons. The van der Waals surface area contributed by atoms with E-state index in [1.807, 2.05) is 12.3 Å². The van der Waals surface area contributed by atoms with Crippen molar-refractivity contribution in [2.24, 2.45) is 0 Å². The molecule has 0 aliphatic heterocycles. The van der Waals surface area contributed by atoms with Gasteiger partial charge in [0, 0.05) is 26.1 Å². The van der Waals surface area contributed by atoms with Gasteiger partial charge in [-0.3, -0.25) is 4.98 Å². The average molecular weight is 238 g/mol. The largest absolute Gasteiger partial charge is 0.382 e. The SMILES string of the molecule is COCCOCCCNCCc1cccnc1. The molecule has 0 saturated carbocycles. The summed E-state index contributed by atoms with van der Waals surface area (Å²) < 4.78 is 10.3. The third kappa shape index (κ3) is 7.85. The summed E-state index contributed by atoms with van der Waals surface area (Å²) in [4.78, 5) is 4.08. The van der Waals surface area contributed by atoms with Crippen molar-refractivity contribution in [1.29, 1.82) is 0 Å². The number of ether oxygens (including phenoxy) is 2. The number of nitrogens with one attached hydrogen (secondary N) is 1. The number of aromatic nitrogens is 1. The highest BCUT2D eigenvalue weighted by molar-refractivity contribution is 5.08. The Balaban J connectivity index is 1.85. The van der Waals surface area contributed by atoms with Crippen LogP contribution < -0.4 is 5.32 Å². The van der Waals surface area contributed by atoms with Gasteiger partial charge in [-0.25, -0.2) is 0 Å². The number of hydrogen-bond acceptors (Lipinski definition) is 4. The van der Waals surface area contributed by atoms with Crippen LogP contribution >= 0.6 is 0 Å². The van der Waals surface area contributed by atoms with E-state index >= 15 is 0 Å². The Labute approximate surface area is 103 Å². The number of pyridine rings is 1. The topological polar surface area (TPSA) is 43.4 Å². The Kier molecular flexibility index (Phi) is 8.46. The van der Waals surface area contributed by atoms with Crippen LogP contribution in [0.5, 0.6) is 0 Å². The molecule has 1 aromatic heterocycles. The summed E-state index contributed by atoms with van der Waals surface area (Å²) >= 11 is 0. The quantitative estimate of drug-likeness (QED) is 0.623. The highest BCUT2D eigenvalue weighted by atomic mass is 16.5. The molecule has 1 aromatic rings. The predicted octanol–water partition coefficient (Wildman–Crippen LogP) is 1.27. The lowest BCUT2D eigenvalue weighted by Gasteiger charge is -2.05. The number of rotatable bonds is 10. The number of nitrogens with zero attached hydrogens (tertiary/aromatic N) is 1. The second-order valence-electron chi connectivity index (χ2n) is 3.82. The molecule has 0 spiro atoms. The van der Waals surface area contributed by atoms with E-state index in [9.17, 15) is 0 Å². The highest BCUT2D eigenvalue weighted by Gasteiger charge is 1.92. The third-order valence-electron chi connectivity index (χ3n) is 2.39. The van der Waals surface area contributed by atoms with Gasteiger partial charge in [-0.15, -0.1) is 0 Å². The van der Waals surface area contributed by atoms with E-state index < -0.39 is 0 Å².